The number of rotatable bonds is 75. The predicted molar refractivity (Wildman–Crippen MR) is 488 cm³/mol. The van der Waals surface area contributed by atoms with Crippen molar-refractivity contribution in [1.29, 1.82) is 0 Å². The van der Waals surface area contributed by atoms with Crippen LogP contribution in [-0.2, 0) is 58.3 Å². The third-order valence-electron chi connectivity index (χ3n) is 22.3. The van der Waals surface area contributed by atoms with Gasteiger partial charge < -0.3 is 32.5 Å². The van der Waals surface area contributed by atoms with Gasteiger partial charge in [-0.1, -0.05) is 259 Å². The highest BCUT2D eigenvalue weighted by Crippen LogP contribution is 2.27. The first-order chi connectivity index (χ1) is 54.3. The van der Waals surface area contributed by atoms with Crippen LogP contribution in [0.3, 0.4) is 0 Å². The monoisotopic (exact) mass is 1690 g/mol. The van der Waals surface area contributed by atoms with Crippen molar-refractivity contribution >= 4 is 44.0 Å². The Labute approximate surface area is 718 Å². The average Bonchev–Trinajstić information content (AvgIpc) is 0.874. The maximum absolute atomic E-state index is 13.4. The standard InChI is InChI=1S/C49H101N4O6S.C46H92N2O7S/c1-13-15-17-19-21-23-25-27-29-31-35-44(58-46(54)48(3,4)5)41-52(37-33-38-53(11,12)39-34-40-60(56,57)50-43-51(9)10)42-45(59-47(55)49(6,7)8)36-32-30-28-26-24-22-20-18-16-14-2;1-11-13-15-17-19-21-23-25-27-29-33-41(54-43(49)45(3,4)5)39-47(35-31-36-48(9,10)37-32-38-56(51,52)53)40-42(55-44(50)46(6,7)8)34-30-28-26-24-22-20-18-16-14-12-2/h44-45,50H,13-43H2,1-12H3;41-42H,11-40H2,1-10H3/q+1;. The van der Waals surface area contributed by atoms with E-state index in [0.717, 1.165) is 123 Å². The average molecular weight is 1690 g/mol. The van der Waals surface area contributed by atoms with Gasteiger partial charge in [-0.3, -0.25) is 33.9 Å². The molecular weight excluding hydrogens is 1500 g/mol. The van der Waals surface area contributed by atoms with Gasteiger partial charge in [0.1, 0.15) is 24.4 Å². The molecule has 0 fully saturated rings. The van der Waals surface area contributed by atoms with Gasteiger partial charge in [0.15, 0.2) is 0 Å². The number of esters is 4. The van der Waals surface area contributed by atoms with E-state index in [2.05, 4.69) is 70.4 Å². The molecule has 0 aromatic rings. The summed E-state index contributed by atoms with van der Waals surface area (Å²) in [4.78, 5) is 59.8. The SMILES string of the molecule is CCCCCCCCCCCCC(CN(CCC[N+](C)(C)CCCS(=O)(=O)NCN(C)C)CC(CCCCCCCCCCCC)OC(=O)C(C)(C)C)OC(=O)C(C)(C)C.CCCCCCCCCCCCC(CN(CCC[N+](C)(C)CCCS(=O)(=O)[O-])CC(CCCCCCCCCCCC)OC(=O)C(C)(C)C)OC(=O)C(C)(C)C. The lowest BCUT2D eigenvalue weighted by Crippen LogP contribution is -2.46. The zero-order valence-electron chi connectivity index (χ0n) is 80.3. The Balaban J connectivity index is 0. The number of carbonyl (C=O) groups is 4. The fraction of sp³-hybridized carbons (Fsp3) is 0.958. The molecule has 4 atom stereocenters. The molecule has 0 bridgehead atoms. The molecule has 0 saturated heterocycles. The smallest absolute Gasteiger partial charge is 0.311 e. The molecule has 19 nitrogen and oxygen atoms in total. The summed E-state index contributed by atoms with van der Waals surface area (Å²) >= 11 is 0. The van der Waals surface area contributed by atoms with Crippen LogP contribution in [0.5, 0.6) is 0 Å². The van der Waals surface area contributed by atoms with Crippen LogP contribution in [0.1, 0.15) is 419 Å². The molecule has 0 aliphatic carbocycles. The lowest BCUT2D eigenvalue weighted by Gasteiger charge is -2.34. The van der Waals surface area contributed by atoms with Crippen LogP contribution < -0.4 is 4.72 Å². The minimum atomic E-state index is -4.24. The van der Waals surface area contributed by atoms with Gasteiger partial charge >= 0.3 is 23.9 Å². The van der Waals surface area contributed by atoms with E-state index in [0.29, 0.717) is 61.2 Å². The van der Waals surface area contributed by atoms with E-state index in [1.807, 2.05) is 97.2 Å². The quantitative estimate of drug-likeness (QED) is 0.0149. The summed E-state index contributed by atoms with van der Waals surface area (Å²) < 4.78 is 87.9. The van der Waals surface area contributed by atoms with E-state index in [4.69, 9.17) is 18.9 Å². The summed E-state index contributed by atoms with van der Waals surface area (Å²) in [6.07, 6.45) is 54.8. The molecule has 0 saturated carbocycles. The van der Waals surface area contributed by atoms with Crippen molar-refractivity contribution in [2.24, 2.45) is 21.7 Å². The molecule has 0 spiro atoms. The van der Waals surface area contributed by atoms with Gasteiger partial charge in [-0.15, -0.1) is 0 Å². The Hall–Kier alpha value is -2.50. The molecule has 0 aliphatic heterocycles. The van der Waals surface area contributed by atoms with Crippen molar-refractivity contribution in [3.8, 4) is 0 Å². The number of quaternary nitrogens is 2. The summed E-state index contributed by atoms with van der Waals surface area (Å²) in [5, 5.41) is 0. The summed E-state index contributed by atoms with van der Waals surface area (Å²) in [7, 11) is 4.59. The Morgan fingerprint density at radius 2 is 0.517 bits per heavy atom. The van der Waals surface area contributed by atoms with E-state index >= 15 is 0 Å². The highest BCUT2D eigenvalue weighted by molar-refractivity contribution is 7.89. The fourth-order valence-electron chi connectivity index (χ4n) is 14.5. The van der Waals surface area contributed by atoms with Crippen LogP contribution in [0.4, 0.5) is 0 Å². The van der Waals surface area contributed by atoms with E-state index in [9.17, 15) is 40.6 Å². The molecule has 0 amide bonds. The first-order valence-corrected chi connectivity index (χ1v) is 51.0. The zero-order valence-corrected chi connectivity index (χ0v) is 81.9. The van der Waals surface area contributed by atoms with Crippen LogP contribution in [-0.4, -0.2) is 219 Å². The number of ether oxygens (including phenoxy) is 4. The van der Waals surface area contributed by atoms with Crippen LogP contribution in [0, 0.1) is 21.7 Å². The number of unbranched alkanes of at least 4 members (excludes halogenated alkanes) is 36. The molecule has 692 valence electrons. The van der Waals surface area contributed by atoms with Gasteiger partial charge in [0.2, 0.25) is 10.0 Å². The zero-order chi connectivity index (χ0) is 88.0. The highest BCUT2D eigenvalue weighted by Gasteiger charge is 2.34. The van der Waals surface area contributed by atoms with Gasteiger partial charge in [0.25, 0.3) is 0 Å². The van der Waals surface area contributed by atoms with E-state index in [1.54, 1.807) is 4.90 Å². The van der Waals surface area contributed by atoms with Crippen molar-refractivity contribution in [2.75, 3.05) is 126 Å². The van der Waals surface area contributed by atoms with Gasteiger partial charge in [0, 0.05) is 70.7 Å². The largest absolute Gasteiger partial charge is 0.748 e. The highest BCUT2D eigenvalue weighted by atomic mass is 32.2. The molecule has 0 heterocycles. The molecule has 0 rings (SSSR count). The van der Waals surface area contributed by atoms with Crippen molar-refractivity contribution in [1.82, 2.24) is 19.4 Å². The summed E-state index contributed by atoms with van der Waals surface area (Å²) in [6, 6.07) is 0. The Kier molecular flexibility index (Phi) is 66.7. The number of sulfonamides is 1. The molecular formula is C95H193N6O13S2+. The van der Waals surface area contributed by atoms with E-state index in [-0.39, 0.29) is 59.8 Å². The lowest BCUT2D eigenvalue weighted by molar-refractivity contribution is -0.890. The van der Waals surface area contributed by atoms with Crippen molar-refractivity contribution in [3.05, 3.63) is 0 Å². The molecule has 116 heavy (non-hydrogen) atoms. The van der Waals surface area contributed by atoms with Crippen molar-refractivity contribution in [2.45, 2.75) is 443 Å². The molecule has 0 aromatic carbocycles. The first-order valence-electron chi connectivity index (χ1n) is 47.8. The van der Waals surface area contributed by atoms with Gasteiger partial charge in [0.05, 0.1) is 98.6 Å². The molecule has 4 unspecified atom stereocenters. The van der Waals surface area contributed by atoms with Gasteiger partial charge in [-0.2, -0.15) is 0 Å². The second-order valence-corrected chi connectivity index (χ2v) is 44.1. The number of nitrogens with one attached hydrogen (secondary N) is 1. The molecule has 0 aromatic heterocycles. The van der Waals surface area contributed by atoms with Gasteiger partial charge in [-0.25, -0.2) is 21.6 Å². The van der Waals surface area contributed by atoms with Gasteiger partial charge in [-0.05, 0) is 149 Å². The normalized spacial score (nSPS) is 13.9. The molecule has 0 aliphatic rings. The molecule has 1 N–H and O–H groups in total. The summed E-state index contributed by atoms with van der Waals surface area (Å²) in [5.74, 6) is -0.973. The number of carbonyl (C=O) groups excluding carboxylic acids is 4. The van der Waals surface area contributed by atoms with Crippen LogP contribution in [0.25, 0.3) is 0 Å². The topological polar surface area (TPSA) is 218 Å². The third kappa shape index (κ3) is 72.0. The number of nitrogens with zero attached hydrogens (tertiary/aromatic N) is 5. The number of hydrogen-bond acceptors (Lipinski definition) is 16. The minimum Gasteiger partial charge on any atom is -0.748 e. The van der Waals surface area contributed by atoms with Crippen LogP contribution in [0.15, 0.2) is 0 Å². The van der Waals surface area contributed by atoms with Crippen LogP contribution >= 0.6 is 0 Å². The summed E-state index contributed by atoms with van der Waals surface area (Å²) in [5.41, 5.74) is -2.42. The minimum absolute atomic E-state index is 0.105. The third-order valence-corrected chi connectivity index (χ3v) is 24.5. The Morgan fingerprint density at radius 1 is 0.319 bits per heavy atom. The molecule has 21 heteroatoms. The Bertz CT molecular complexity index is 2520. The maximum atomic E-state index is 13.4. The second-order valence-electron chi connectivity index (χ2n) is 40.7. The molecule has 0 radical (unpaired) electrons. The first kappa shape index (κ1) is 116. The van der Waals surface area contributed by atoms with Crippen LogP contribution in [0.2, 0.25) is 0 Å². The lowest BCUT2D eigenvalue weighted by atomic mass is 9.97. The van der Waals surface area contributed by atoms with E-state index < -0.39 is 41.8 Å². The Morgan fingerprint density at radius 3 is 0.716 bits per heavy atom. The second kappa shape index (κ2) is 67.0. The summed E-state index contributed by atoms with van der Waals surface area (Å²) in [6.45, 7) is 39.1. The van der Waals surface area contributed by atoms with Crippen molar-refractivity contribution in [3.63, 3.8) is 0 Å². The fourth-order valence-corrected chi connectivity index (χ4v) is 16.1. The van der Waals surface area contributed by atoms with Crippen molar-refractivity contribution < 1.29 is 68.5 Å². The number of hydrogen-bond donors (Lipinski definition) is 1. The predicted octanol–water partition coefficient (Wildman–Crippen LogP) is 22.3. The maximum Gasteiger partial charge on any atom is 0.311 e. The van der Waals surface area contributed by atoms with E-state index in [1.165, 1.54) is 205 Å².